The zero-order chi connectivity index (χ0) is 14.4. The summed E-state index contributed by atoms with van der Waals surface area (Å²) >= 11 is 0. The molecule has 0 heterocycles. The second-order valence-corrected chi connectivity index (χ2v) is 6.27. The Morgan fingerprint density at radius 2 is 2.15 bits per heavy atom. The first-order chi connectivity index (χ1) is 9.74. The minimum Gasteiger partial charge on any atom is -0.368 e. The molecule has 0 saturated heterocycles. The van der Waals surface area contributed by atoms with E-state index >= 15 is 0 Å². The number of anilines is 1. The summed E-state index contributed by atoms with van der Waals surface area (Å²) in [6, 6.07) is 9.66. The summed E-state index contributed by atoms with van der Waals surface area (Å²) in [5, 5.41) is 0. The molecular formula is C18H30N2. The van der Waals surface area contributed by atoms with Crippen molar-refractivity contribution in [3.05, 3.63) is 29.8 Å². The second-order valence-electron chi connectivity index (χ2n) is 6.27. The summed E-state index contributed by atoms with van der Waals surface area (Å²) in [7, 11) is 0. The average molecular weight is 274 g/mol. The Balaban J connectivity index is 2.14. The van der Waals surface area contributed by atoms with Crippen LogP contribution in [0.5, 0.6) is 0 Å². The van der Waals surface area contributed by atoms with Gasteiger partial charge in [0.1, 0.15) is 0 Å². The molecular weight excluding hydrogens is 244 g/mol. The Kier molecular flexibility index (Phi) is 5.90. The molecule has 1 aliphatic carbocycles. The van der Waals surface area contributed by atoms with Gasteiger partial charge in [-0.1, -0.05) is 38.3 Å². The number of nitrogens with zero attached hydrogens (tertiary/aromatic N) is 1. The van der Waals surface area contributed by atoms with Gasteiger partial charge in [0.2, 0.25) is 0 Å². The minimum atomic E-state index is 0.710. The van der Waals surface area contributed by atoms with Crippen molar-refractivity contribution >= 4 is 5.69 Å². The average Bonchev–Trinajstić information content (AvgIpc) is 2.48. The number of benzene rings is 1. The molecule has 1 saturated carbocycles. The van der Waals surface area contributed by atoms with E-state index < -0.39 is 0 Å². The van der Waals surface area contributed by atoms with Gasteiger partial charge >= 0.3 is 0 Å². The lowest BCUT2D eigenvalue weighted by Crippen LogP contribution is -2.40. The maximum Gasteiger partial charge on any atom is 0.0371 e. The number of aryl methyl sites for hydroxylation is 1. The molecule has 0 bridgehead atoms. The van der Waals surface area contributed by atoms with E-state index in [1.807, 2.05) is 0 Å². The number of rotatable bonds is 6. The van der Waals surface area contributed by atoms with Gasteiger partial charge in [-0.3, -0.25) is 0 Å². The Morgan fingerprint density at radius 3 is 2.85 bits per heavy atom. The lowest BCUT2D eigenvalue weighted by molar-refractivity contribution is 0.302. The van der Waals surface area contributed by atoms with Crippen molar-refractivity contribution in [1.82, 2.24) is 0 Å². The maximum atomic E-state index is 5.74. The smallest absolute Gasteiger partial charge is 0.0371 e. The third-order valence-corrected chi connectivity index (χ3v) is 4.71. The van der Waals surface area contributed by atoms with Crippen molar-refractivity contribution in [3.63, 3.8) is 0 Å². The summed E-state index contributed by atoms with van der Waals surface area (Å²) in [5.74, 6) is 0.916. The zero-order valence-corrected chi connectivity index (χ0v) is 13.1. The summed E-state index contributed by atoms with van der Waals surface area (Å²) in [4.78, 5) is 2.63. The molecule has 1 fully saturated rings. The highest BCUT2D eigenvalue weighted by molar-refractivity contribution is 5.49. The van der Waals surface area contributed by atoms with Crippen LogP contribution >= 0.6 is 0 Å². The van der Waals surface area contributed by atoms with Gasteiger partial charge in [-0.05, 0) is 56.3 Å². The van der Waals surface area contributed by atoms with Crippen LogP contribution < -0.4 is 10.6 Å². The van der Waals surface area contributed by atoms with Crippen molar-refractivity contribution in [3.8, 4) is 0 Å². The van der Waals surface area contributed by atoms with E-state index in [1.165, 1.54) is 43.4 Å². The topological polar surface area (TPSA) is 29.3 Å². The molecule has 0 spiro atoms. The highest BCUT2D eigenvalue weighted by atomic mass is 15.2. The van der Waals surface area contributed by atoms with E-state index in [4.69, 9.17) is 5.73 Å². The van der Waals surface area contributed by atoms with Crippen LogP contribution in [0, 0.1) is 12.8 Å². The largest absolute Gasteiger partial charge is 0.368 e. The van der Waals surface area contributed by atoms with Gasteiger partial charge in [0.15, 0.2) is 0 Å². The van der Waals surface area contributed by atoms with E-state index in [-0.39, 0.29) is 0 Å². The third-order valence-electron chi connectivity index (χ3n) is 4.71. The summed E-state index contributed by atoms with van der Waals surface area (Å²) in [5.41, 5.74) is 8.48. The fourth-order valence-electron chi connectivity index (χ4n) is 3.51. The van der Waals surface area contributed by atoms with Crippen LogP contribution in [0.3, 0.4) is 0 Å². The molecule has 1 aromatic carbocycles. The van der Waals surface area contributed by atoms with Crippen molar-refractivity contribution in [1.29, 1.82) is 0 Å². The Morgan fingerprint density at radius 1 is 1.30 bits per heavy atom. The van der Waals surface area contributed by atoms with Gasteiger partial charge in [0.25, 0.3) is 0 Å². The molecule has 1 aliphatic rings. The van der Waals surface area contributed by atoms with Gasteiger partial charge < -0.3 is 10.6 Å². The van der Waals surface area contributed by atoms with Crippen LogP contribution in [0.1, 0.15) is 51.0 Å². The van der Waals surface area contributed by atoms with Gasteiger partial charge in [-0.25, -0.2) is 0 Å². The highest BCUT2D eigenvalue weighted by Gasteiger charge is 2.25. The molecule has 0 amide bonds. The molecule has 2 rings (SSSR count). The molecule has 0 aliphatic heterocycles. The molecule has 2 heteroatoms. The molecule has 0 aromatic heterocycles. The van der Waals surface area contributed by atoms with Gasteiger partial charge in [-0.2, -0.15) is 0 Å². The Hall–Kier alpha value is -1.02. The second kappa shape index (κ2) is 7.68. The van der Waals surface area contributed by atoms with Gasteiger partial charge in [0.05, 0.1) is 0 Å². The molecule has 1 aromatic rings. The predicted molar refractivity (Wildman–Crippen MR) is 88.2 cm³/mol. The van der Waals surface area contributed by atoms with Crippen molar-refractivity contribution in [2.45, 2.75) is 58.4 Å². The standard InChI is InChI=1S/C18H30N2/c1-3-16-8-5-10-18(14-16)20(12-6-11-19)17-9-4-7-15(2)13-17/h4,7,9,13,16,18H,3,5-6,8,10-12,14,19H2,1-2H3. The van der Waals surface area contributed by atoms with Crippen LogP contribution in [-0.2, 0) is 0 Å². The van der Waals surface area contributed by atoms with E-state index in [0.29, 0.717) is 6.04 Å². The number of hydrogen-bond acceptors (Lipinski definition) is 2. The molecule has 2 unspecified atom stereocenters. The van der Waals surface area contributed by atoms with Crippen molar-refractivity contribution in [2.24, 2.45) is 11.7 Å². The summed E-state index contributed by atoms with van der Waals surface area (Å²) < 4.78 is 0. The first kappa shape index (κ1) is 15.4. The molecule has 2 atom stereocenters. The van der Waals surface area contributed by atoms with Crippen LogP contribution in [0.4, 0.5) is 5.69 Å². The van der Waals surface area contributed by atoms with Crippen LogP contribution in [0.25, 0.3) is 0 Å². The normalized spacial score (nSPS) is 22.8. The lowest BCUT2D eigenvalue weighted by atomic mass is 9.83. The minimum absolute atomic E-state index is 0.710. The van der Waals surface area contributed by atoms with Crippen LogP contribution in [-0.4, -0.2) is 19.1 Å². The summed E-state index contributed by atoms with van der Waals surface area (Å²) in [6.07, 6.45) is 7.92. The molecule has 2 nitrogen and oxygen atoms in total. The SMILES string of the molecule is CCC1CCCC(N(CCCN)c2cccc(C)c2)C1. The maximum absolute atomic E-state index is 5.74. The molecule has 2 N–H and O–H groups in total. The quantitative estimate of drug-likeness (QED) is 0.845. The first-order valence-corrected chi connectivity index (χ1v) is 8.28. The van der Waals surface area contributed by atoms with E-state index in [9.17, 15) is 0 Å². The van der Waals surface area contributed by atoms with Crippen LogP contribution in [0.2, 0.25) is 0 Å². The van der Waals surface area contributed by atoms with Gasteiger partial charge in [0, 0.05) is 18.3 Å². The number of nitrogens with two attached hydrogens (primary N) is 1. The molecule has 0 radical (unpaired) electrons. The lowest BCUT2D eigenvalue weighted by Gasteiger charge is -2.39. The Bertz CT molecular complexity index is 402. The van der Waals surface area contributed by atoms with E-state index in [0.717, 1.165) is 25.4 Å². The molecule has 20 heavy (non-hydrogen) atoms. The van der Waals surface area contributed by atoms with Crippen LogP contribution in [0.15, 0.2) is 24.3 Å². The first-order valence-electron chi connectivity index (χ1n) is 8.28. The third kappa shape index (κ3) is 3.99. The molecule has 112 valence electrons. The zero-order valence-electron chi connectivity index (χ0n) is 13.1. The predicted octanol–water partition coefficient (Wildman–Crippen LogP) is 4.12. The van der Waals surface area contributed by atoms with E-state index in [2.05, 4.69) is 43.0 Å². The fraction of sp³-hybridized carbons (Fsp3) is 0.667. The Labute approximate surface area is 124 Å². The van der Waals surface area contributed by atoms with Crippen molar-refractivity contribution in [2.75, 3.05) is 18.0 Å². The monoisotopic (exact) mass is 274 g/mol. The van der Waals surface area contributed by atoms with Crippen molar-refractivity contribution < 1.29 is 0 Å². The number of hydrogen-bond donors (Lipinski definition) is 1. The van der Waals surface area contributed by atoms with E-state index in [1.54, 1.807) is 0 Å². The fourth-order valence-corrected chi connectivity index (χ4v) is 3.51. The summed E-state index contributed by atoms with van der Waals surface area (Å²) in [6.45, 7) is 6.40. The van der Waals surface area contributed by atoms with Gasteiger partial charge in [-0.15, -0.1) is 0 Å². The highest BCUT2D eigenvalue weighted by Crippen LogP contribution is 2.32.